The molecule has 0 spiro atoms. The Balaban J connectivity index is 2.36. The standard InChI is InChI=1S/C15H13NO6S/c1-9-4-2-5-10(8-9)23(20,21)22-15(19)12-7-3-6-11(13(12)16)14(17)18/h2-8H,16H2,1H3,(H,17,18). The molecule has 0 aliphatic heterocycles. The number of hydrogen-bond donors (Lipinski definition) is 2. The lowest BCUT2D eigenvalue weighted by Gasteiger charge is -2.09. The van der Waals surface area contributed by atoms with E-state index in [1.54, 1.807) is 13.0 Å². The number of nitrogen functional groups attached to an aromatic ring is 1. The molecule has 0 radical (unpaired) electrons. The summed E-state index contributed by atoms with van der Waals surface area (Å²) in [6, 6.07) is 9.49. The van der Waals surface area contributed by atoms with E-state index in [0.717, 1.165) is 0 Å². The van der Waals surface area contributed by atoms with Crippen LogP contribution in [0.1, 0.15) is 26.3 Å². The summed E-state index contributed by atoms with van der Waals surface area (Å²) in [5.74, 6) is -2.58. The molecule has 8 heteroatoms. The number of para-hydroxylation sites is 1. The Hall–Kier alpha value is -2.87. The molecule has 3 N–H and O–H groups in total. The zero-order chi connectivity index (χ0) is 17.2. The van der Waals surface area contributed by atoms with Crippen molar-refractivity contribution in [3.05, 3.63) is 59.2 Å². The van der Waals surface area contributed by atoms with Crippen molar-refractivity contribution >= 4 is 27.7 Å². The lowest BCUT2D eigenvalue weighted by molar-refractivity contribution is 0.0698. The molecule has 0 saturated heterocycles. The van der Waals surface area contributed by atoms with Crippen LogP contribution >= 0.6 is 0 Å². The van der Waals surface area contributed by atoms with Crippen LogP contribution in [0.15, 0.2) is 47.4 Å². The minimum atomic E-state index is -4.33. The third-order valence-corrected chi connectivity index (χ3v) is 4.22. The number of carboxylic acids is 1. The van der Waals surface area contributed by atoms with Gasteiger partial charge in [-0.1, -0.05) is 18.2 Å². The highest BCUT2D eigenvalue weighted by Gasteiger charge is 2.24. The average molecular weight is 335 g/mol. The largest absolute Gasteiger partial charge is 0.478 e. The highest BCUT2D eigenvalue weighted by atomic mass is 32.2. The molecule has 0 atom stereocenters. The van der Waals surface area contributed by atoms with Gasteiger partial charge in [0.2, 0.25) is 0 Å². The molecule has 0 aromatic heterocycles. The highest BCUT2D eigenvalue weighted by molar-refractivity contribution is 7.87. The van der Waals surface area contributed by atoms with Crippen molar-refractivity contribution in [2.45, 2.75) is 11.8 Å². The summed E-state index contributed by atoms with van der Waals surface area (Å²) < 4.78 is 28.7. The second-order valence-electron chi connectivity index (χ2n) is 4.71. The van der Waals surface area contributed by atoms with Gasteiger partial charge in [0.15, 0.2) is 0 Å². The maximum absolute atomic E-state index is 12.1. The number of hydrogen-bond acceptors (Lipinski definition) is 6. The monoisotopic (exact) mass is 335 g/mol. The minimum absolute atomic E-state index is 0.182. The Labute approximate surface area is 132 Å². The molecule has 23 heavy (non-hydrogen) atoms. The van der Waals surface area contributed by atoms with Crippen LogP contribution < -0.4 is 5.73 Å². The zero-order valence-electron chi connectivity index (χ0n) is 12.0. The molecule has 0 fully saturated rings. The highest BCUT2D eigenvalue weighted by Crippen LogP contribution is 2.21. The molecule has 0 bridgehead atoms. The van der Waals surface area contributed by atoms with Crippen LogP contribution in [0, 0.1) is 6.92 Å². The number of carbonyl (C=O) groups is 2. The molecule has 7 nitrogen and oxygen atoms in total. The lowest BCUT2D eigenvalue weighted by Crippen LogP contribution is -2.16. The Kier molecular flexibility index (Phi) is 4.37. The van der Waals surface area contributed by atoms with Gasteiger partial charge in [-0.2, -0.15) is 8.42 Å². The normalized spacial score (nSPS) is 11.0. The van der Waals surface area contributed by atoms with Crippen molar-refractivity contribution in [1.82, 2.24) is 0 Å². The predicted molar refractivity (Wildman–Crippen MR) is 81.6 cm³/mol. The van der Waals surface area contributed by atoms with E-state index in [9.17, 15) is 18.0 Å². The molecule has 0 unspecified atom stereocenters. The van der Waals surface area contributed by atoms with Crippen LogP contribution in [0.5, 0.6) is 0 Å². The van der Waals surface area contributed by atoms with E-state index in [1.807, 2.05) is 0 Å². The Morgan fingerprint density at radius 3 is 2.30 bits per heavy atom. The Bertz CT molecular complexity index is 889. The zero-order valence-corrected chi connectivity index (χ0v) is 12.8. The van der Waals surface area contributed by atoms with Gasteiger partial charge in [-0.3, -0.25) is 0 Å². The number of anilines is 1. The summed E-state index contributed by atoms with van der Waals surface area (Å²) in [6.07, 6.45) is 0. The maximum atomic E-state index is 12.1. The maximum Gasteiger partial charge on any atom is 0.356 e. The van der Waals surface area contributed by atoms with Gasteiger partial charge in [0.1, 0.15) is 4.90 Å². The van der Waals surface area contributed by atoms with Crippen molar-refractivity contribution in [1.29, 1.82) is 0 Å². The first-order valence-electron chi connectivity index (χ1n) is 6.39. The van der Waals surface area contributed by atoms with Crippen molar-refractivity contribution in [2.24, 2.45) is 0 Å². The SMILES string of the molecule is Cc1cccc(S(=O)(=O)OC(=O)c2cccc(C(=O)O)c2N)c1. The molecular weight excluding hydrogens is 322 g/mol. The van der Waals surface area contributed by atoms with Gasteiger partial charge in [0, 0.05) is 0 Å². The van der Waals surface area contributed by atoms with E-state index in [4.69, 9.17) is 10.8 Å². The van der Waals surface area contributed by atoms with Crippen molar-refractivity contribution in [3.8, 4) is 0 Å². The van der Waals surface area contributed by atoms with Crippen LogP contribution in [-0.2, 0) is 14.3 Å². The molecule has 0 aliphatic carbocycles. The van der Waals surface area contributed by atoms with Crippen LogP contribution in [0.4, 0.5) is 5.69 Å². The van der Waals surface area contributed by atoms with Crippen LogP contribution in [0.3, 0.4) is 0 Å². The number of nitrogens with two attached hydrogens (primary N) is 1. The van der Waals surface area contributed by atoms with E-state index < -0.39 is 22.1 Å². The van der Waals surface area contributed by atoms with Crippen molar-refractivity contribution < 1.29 is 27.3 Å². The Morgan fingerprint density at radius 2 is 1.70 bits per heavy atom. The smallest absolute Gasteiger partial charge is 0.356 e. The van der Waals surface area contributed by atoms with E-state index >= 15 is 0 Å². The molecule has 2 rings (SSSR count). The average Bonchev–Trinajstić information content (AvgIpc) is 2.46. The molecule has 0 amide bonds. The van der Waals surface area contributed by atoms with Gasteiger partial charge < -0.3 is 15.0 Å². The van der Waals surface area contributed by atoms with E-state index in [2.05, 4.69) is 4.18 Å². The summed E-state index contributed by atoms with van der Waals surface area (Å²) in [7, 11) is -4.33. The first-order valence-corrected chi connectivity index (χ1v) is 7.80. The van der Waals surface area contributed by atoms with Gasteiger partial charge in [-0.15, -0.1) is 0 Å². The number of carboxylic acid groups (broad SMARTS) is 1. The molecule has 120 valence electrons. The van der Waals surface area contributed by atoms with Crippen LogP contribution in [0.2, 0.25) is 0 Å². The van der Waals surface area contributed by atoms with Gasteiger partial charge in [0.05, 0.1) is 16.8 Å². The number of benzene rings is 2. The third kappa shape index (κ3) is 3.49. The molecule has 0 aliphatic rings. The van der Waals surface area contributed by atoms with Gasteiger partial charge in [-0.05, 0) is 36.8 Å². The minimum Gasteiger partial charge on any atom is -0.478 e. The second kappa shape index (κ2) is 6.09. The van der Waals surface area contributed by atoms with E-state index in [-0.39, 0.29) is 21.7 Å². The quantitative estimate of drug-likeness (QED) is 0.645. The number of rotatable bonds is 4. The first-order chi connectivity index (χ1) is 10.7. The van der Waals surface area contributed by atoms with Gasteiger partial charge in [-0.25, -0.2) is 9.59 Å². The fourth-order valence-electron chi connectivity index (χ4n) is 1.89. The summed E-state index contributed by atoms with van der Waals surface area (Å²) in [5.41, 5.74) is 5.26. The molecular formula is C15H13NO6S. The van der Waals surface area contributed by atoms with Crippen LogP contribution in [0.25, 0.3) is 0 Å². The second-order valence-corrected chi connectivity index (χ2v) is 6.26. The molecule has 2 aromatic carbocycles. The molecule has 0 saturated carbocycles. The predicted octanol–water partition coefficient (Wildman–Crippen LogP) is 1.82. The summed E-state index contributed by atoms with van der Waals surface area (Å²) in [6.45, 7) is 1.69. The number of aromatic carboxylic acids is 1. The summed E-state index contributed by atoms with van der Waals surface area (Å²) >= 11 is 0. The number of carbonyl (C=O) groups excluding carboxylic acids is 1. The van der Waals surface area contributed by atoms with Gasteiger partial charge >= 0.3 is 22.1 Å². The fraction of sp³-hybridized carbons (Fsp3) is 0.0667. The van der Waals surface area contributed by atoms with E-state index in [0.29, 0.717) is 5.56 Å². The van der Waals surface area contributed by atoms with E-state index in [1.165, 1.54) is 36.4 Å². The third-order valence-electron chi connectivity index (χ3n) is 3.02. The van der Waals surface area contributed by atoms with Crippen LogP contribution in [-0.4, -0.2) is 25.5 Å². The first kappa shape index (κ1) is 16.5. The number of aryl methyl sites for hydroxylation is 1. The van der Waals surface area contributed by atoms with Gasteiger partial charge in [0.25, 0.3) is 0 Å². The van der Waals surface area contributed by atoms with Crippen molar-refractivity contribution in [2.75, 3.05) is 5.73 Å². The Morgan fingerprint density at radius 1 is 1.09 bits per heavy atom. The summed E-state index contributed by atoms with van der Waals surface area (Å²) in [5, 5.41) is 8.96. The lowest BCUT2D eigenvalue weighted by atomic mass is 10.1. The topological polar surface area (TPSA) is 124 Å². The molecule has 0 heterocycles. The fourth-order valence-corrected chi connectivity index (χ4v) is 2.85. The summed E-state index contributed by atoms with van der Waals surface area (Å²) in [4.78, 5) is 22.8. The molecule has 2 aromatic rings. The van der Waals surface area contributed by atoms with Crippen molar-refractivity contribution in [3.63, 3.8) is 0 Å².